The van der Waals surface area contributed by atoms with Gasteiger partial charge in [-0.25, -0.2) is 0 Å². The van der Waals surface area contributed by atoms with E-state index in [1.807, 2.05) is 24.3 Å². The first kappa shape index (κ1) is 14.6. The Hall–Kier alpha value is -1.32. The summed E-state index contributed by atoms with van der Waals surface area (Å²) >= 11 is 3.44. The largest absolute Gasteiger partial charge is 0.492 e. The van der Waals surface area contributed by atoms with Crippen molar-refractivity contribution in [3.63, 3.8) is 0 Å². The summed E-state index contributed by atoms with van der Waals surface area (Å²) in [5.74, 6) is 0.941. The number of rotatable bonds is 4. The van der Waals surface area contributed by atoms with Crippen LogP contribution in [0.3, 0.4) is 0 Å². The van der Waals surface area contributed by atoms with Crippen molar-refractivity contribution in [1.82, 2.24) is 4.90 Å². The molecule has 1 aliphatic rings. The zero-order valence-corrected chi connectivity index (χ0v) is 13.7. The van der Waals surface area contributed by atoms with Gasteiger partial charge in [-0.1, -0.05) is 40.2 Å². The lowest BCUT2D eigenvalue weighted by Crippen LogP contribution is -2.30. The monoisotopic (exact) mass is 345 g/mol. The first-order valence-corrected chi connectivity index (χ1v) is 8.28. The molecule has 110 valence electrons. The van der Waals surface area contributed by atoms with Crippen LogP contribution in [0.25, 0.3) is 0 Å². The van der Waals surface area contributed by atoms with Gasteiger partial charge in [-0.3, -0.25) is 4.90 Å². The maximum absolute atomic E-state index is 5.82. The highest BCUT2D eigenvalue weighted by atomic mass is 79.9. The molecule has 1 aliphatic heterocycles. The van der Waals surface area contributed by atoms with Crippen molar-refractivity contribution in [1.29, 1.82) is 0 Å². The minimum Gasteiger partial charge on any atom is -0.492 e. The van der Waals surface area contributed by atoms with Gasteiger partial charge >= 0.3 is 0 Å². The second-order valence-electron chi connectivity index (χ2n) is 5.41. The van der Waals surface area contributed by atoms with E-state index in [9.17, 15) is 0 Å². The maximum Gasteiger partial charge on any atom is 0.119 e. The molecule has 0 radical (unpaired) electrons. The zero-order chi connectivity index (χ0) is 14.5. The summed E-state index contributed by atoms with van der Waals surface area (Å²) in [6.45, 7) is 3.99. The summed E-state index contributed by atoms with van der Waals surface area (Å²) in [5, 5.41) is 0. The summed E-state index contributed by atoms with van der Waals surface area (Å²) in [6.07, 6.45) is 2.29. The molecule has 3 heteroatoms. The molecule has 2 nitrogen and oxygen atoms in total. The highest BCUT2D eigenvalue weighted by Crippen LogP contribution is 2.17. The van der Waals surface area contributed by atoms with Crippen LogP contribution in [-0.2, 0) is 12.8 Å². The first-order chi connectivity index (χ1) is 10.3. The lowest BCUT2D eigenvalue weighted by Gasteiger charge is -2.19. The molecule has 0 N–H and O–H groups in total. The Labute approximate surface area is 134 Å². The molecule has 0 aliphatic carbocycles. The van der Waals surface area contributed by atoms with Crippen molar-refractivity contribution in [2.75, 3.05) is 26.2 Å². The van der Waals surface area contributed by atoms with E-state index < -0.39 is 0 Å². The summed E-state index contributed by atoms with van der Waals surface area (Å²) in [5.41, 5.74) is 3.02. The molecular weight excluding hydrogens is 326 g/mol. The number of hydrogen-bond acceptors (Lipinski definition) is 2. The van der Waals surface area contributed by atoms with E-state index in [0.29, 0.717) is 0 Å². The molecule has 0 saturated carbocycles. The van der Waals surface area contributed by atoms with Gasteiger partial charge in [-0.15, -0.1) is 0 Å². The van der Waals surface area contributed by atoms with E-state index in [0.717, 1.165) is 49.3 Å². The SMILES string of the molecule is Brc1ccc(OCCN2CCc3ccccc3CC2)cc1. The molecule has 2 aromatic rings. The quantitative estimate of drug-likeness (QED) is 0.832. The number of ether oxygens (including phenoxy) is 1. The molecule has 0 atom stereocenters. The molecule has 21 heavy (non-hydrogen) atoms. The lowest BCUT2D eigenvalue weighted by atomic mass is 10.0. The standard InChI is InChI=1S/C18H20BrNO/c19-17-5-7-18(8-6-17)21-14-13-20-11-9-15-3-1-2-4-16(15)10-12-20/h1-8H,9-14H2. The molecule has 0 saturated heterocycles. The van der Waals surface area contributed by atoms with Gasteiger partial charge in [0, 0.05) is 24.1 Å². The highest BCUT2D eigenvalue weighted by Gasteiger charge is 2.13. The summed E-state index contributed by atoms with van der Waals surface area (Å²) in [6, 6.07) is 16.8. The predicted octanol–water partition coefficient (Wildman–Crippen LogP) is 3.93. The van der Waals surface area contributed by atoms with Crippen LogP contribution in [0.1, 0.15) is 11.1 Å². The van der Waals surface area contributed by atoms with Crippen LogP contribution in [-0.4, -0.2) is 31.1 Å². The van der Waals surface area contributed by atoms with Crippen LogP contribution in [0.15, 0.2) is 53.0 Å². The normalized spacial score (nSPS) is 15.3. The molecule has 0 amide bonds. The molecule has 0 aromatic heterocycles. The van der Waals surface area contributed by atoms with Crippen LogP contribution in [0.4, 0.5) is 0 Å². The van der Waals surface area contributed by atoms with Crippen LogP contribution in [0.5, 0.6) is 5.75 Å². The minimum atomic E-state index is 0.748. The van der Waals surface area contributed by atoms with E-state index in [1.165, 1.54) is 11.1 Å². The number of benzene rings is 2. The van der Waals surface area contributed by atoms with Gasteiger partial charge in [-0.05, 0) is 48.2 Å². The van der Waals surface area contributed by atoms with E-state index in [1.54, 1.807) is 0 Å². The Morgan fingerprint density at radius 3 is 2.14 bits per heavy atom. The average molecular weight is 346 g/mol. The molecular formula is C18H20BrNO. The Balaban J connectivity index is 1.48. The van der Waals surface area contributed by atoms with Crippen LogP contribution in [0.2, 0.25) is 0 Å². The molecule has 0 spiro atoms. The third-order valence-electron chi connectivity index (χ3n) is 4.00. The molecule has 0 unspecified atom stereocenters. The molecule has 1 heterocycles. The van der Waals surface area contributed by atoms with Crippen molar-refractivity contribution >= 4 is 15.9 Å². The second-order valence-corrected chi connectivity index (χ2v) is 6.33. The fraction of sp³-hybridized carbons (Fsp3) is 0.333. The van der Waals surface area contributed by atoms with Gasteiger partial charge in [0.1, 0.15) is 12.4 Å². The number of halogens is 1. The van der Waals surface area contributed by atoms with E-state index in [2.05, 4.69) is 45.1 Å². The van der Waals surface area contributed by atoms with Gasteiger partial charge < -0.3 is 4.74 Å². The number of hydrogen-bond donors (Lipinski definition) is 0. The Kier molecular flexibility index (Phi) is 4.94. The van der Waals surface area contributed by atoms with Gasteiger partial charge in [0.15, 0.2) is 0 Å². The molecule has 0 fully saturated rings. The highest BCUT2D eigenvalue weighted by molar-refractivity contribution is 9.10. The minimum absolute atomic E-state index is 0.748. The average Bonchev–Trinajstić information content (AvgIpc) is 2.72. The van der Waals surface area contributed by atoms with E-state index in [4.69, 9.17) is 4.74 Å². The number of nitrogens with zero attached hydrogens (tertiary/aromatic N) is 1. The molecule has 3 rings (SSSR count). The predicted molar refractivity (Wildman–Crippen MR) is 89.9 cm³/mol. The first-order valence-electron chi connectivity index (χ1n) is 7.49. The third kappa shape index (κ3) is 4.08. The van der Waals surface area contributed by atoms with Gasteiger partial charge in [-0.2, -0.15) is 0 Å². The van der Waals surface area contributed by atoms with Crippen molar-refractivity contribution in [2.24, 2.45) is 0 Å². The van der Waals surface area contributed by atoms with Crippen LogP contribution in [0, 0.1) is 0 Å². The van der Waals surface area contributed by atoms with Crippen molar-refractivity contribution in [3.05, 3.63) is 64.1 Å². The van der Waals surface area contributed by atoms with Gasteiger partial charge in [0.05, 0.1) is 0 Å². The van der Waals surface area contributed by atoms with Crippen molar-refractivity contribution in [3.8, 4) is 5.75 Å². The smallest absolute Gasteiger partial charge is 0.119 e. The topological polar surface area (TPSA) is 12.5 Å². The van der Waals surface area contributed by atoms with Crippen LogP contribution >= 0.6 is 15.9 Å². The zero-order valence-electron chi connectivity index (χ0n) is 12.1. The Bertz CT molecular complexity index is 555. The summed E-state index contributed by atoms with van der Waals surface area (Å²) in [7, 11) is 0. The van der Waals surface area contributed by atoms with Crippen molar-refractivity contribution < 1.29 is 4.74 Å². The fourth-order valence-corrected chi connectivity index (χ4v) is 3.03. The van der Waals surface area contributed by atoms with E-state index in [-0.39, 0.29) is 0 Å². The Morgan fingerprint density at radius 1 is 0.905 bits per heavy atom. The van der Waals surface area contributed by atoms with E-state index >= 15 is 0 Å². The van der Waals surface area contributed by atoms with Crippen LogP contribution < -0.4 is 4.74 Å². The fourth-order valence-electron chi connectivity index (χ4n) is 2.76. The summed E-state index contributed by atoms with van der Waals surface area (Å²) < 4.78 is 6.90. The summed E-state index contributed by atoms with van der Waals surface area (Å²) in [4.78, 5) is 2.50. The van der Waals surface area contributed by atoms with Gasteiger partial charge in [0.25, 0.3) is 0 Å². The maximum atomic E-state index is 5.82. The van der Waals surface area contributed by atoms with Crippen molar-refractivity contribution in [2.45, 2.75) is 12.8 Å². The Morgan fingerprint density at radius 2 is 1.52 bits per heavy atom. The number of fused-ring (bicyclic) bond motifs is 1. The van der Waals surface area contributed by atoms with Gasteiger partial charge in [0.2, 0.25) is 0 Å². The lowest BCUT2D eigenvalue weighted by molar-refractivity contribution is 0.215. The second kappa shape index (κ2) is 7.10. The third-order valence-corrected chi connectivity index (χ3v) is 4.53. The molecule has 2 aromatic carbocycles. The molecule has 0 bridgehead atoms.